The lowest BCUT2D eigenvalue weighted by atomic mass is 10.1. The molecule has 0 saturated carbocycles. The zero-order valence-corrected chi connectivity index (χ0v) is 16.8. The van der Waals surface area contributed by atoms with Crippen LogP contribution in [0.25, 0.3) is 0 Å². The van der Waals surface area contributed by atoms with Gasteiger partial charge in [0, 0.05) is 31.7 Å². The van der Waals surface area contributed by atoms with Crippen LogP contribution >= 0.6 is 12.2 Å². The molecule has 4 nitrogen and oxygen atoms in total. The Labute approximate surface area is 175 Å². The number of anilines is 1. The van der Waals surface area contributed by atoms with E-state index < -0.39 is 40.7 Å². The normalized spacial score (nSPS) is 14.1. The molecule has 1 N–H and O–H groups in total. The average Bonchev–Trinajstić information content (AvgIpc) is 2.77. The summed E-state index contributed by atoms with van der Waals surface area (Å²) in [5.74, 6) is -10.3. The molecule has 1 saturated heterocycles. The van der Waals surface area contributed by atoms with Gasteiger partial charge in [0.15, 0.2) is 28.4 Å². The molecule has 0 atom stereocenters. The molecule has 30 heavy (non-hydrogen) atoms. The highest BCUT2D eigenvalue weighted by atomic mass is 32.1. The van der Waals surface area contributed by atoms with Crippen LogP contribution < -0.4 is 10.2 Å². The molecule has 0 aliphatic carbocycles. The van der Waals surface area contributed by atoms with Crippen molar-refractivity contribution in [1.82, 2.24) is 10.2 Å². The van der Waals surface area contributed by atoms with Gasteiger partial charge in [-0.3, -0.25) is 10.1 Å². The van der Waals surface area contributed by atoms with Crippen LogP contribution in [0.5, 0.6) is 0 Å². The number of hydrogen-bond acceptors (Lipinski definition) is 3. The summed E-state index contributed by atoms with van der Waals surface area (Å²) in [5, 5.41) is 2.71. The van der Waals surface area contributed by atoms with Crippen molar-refractivity contribution in [2.45, 2.75) is 13.3 Å². The molecule has 1 heterocycles. The summed E-state index contributed by atoms with van der Waals surface area (Å²) in [6, 6.07) is 7.03. The number of amides is 1. The Balaban J connectivity index is 1.64. The minimum Gasteiger partial charge on any atom is -0.363 e. The van der Waals surface area contributed by atoms with E-state index in [0.717, 1.165) is 16.9 Å². The Bertz CT molecular complexity index is 946. The van der Waals surface area contributed by atoms with E-state index >= 15 is 0 Å². The minimum absolute atomic E-state index is 0.0421. The van der Waals surface area contributed by atoms with Gasteiger partial charge >= 0.3 is 0 Å². The Morgan fingerprint density at radius 3 is 1.90 bits per heavy atom. The second kappa shape index (κ2) is 8.95. The van der Waals surface area contributed by atoms with Crippen molar-refractivity contribution in [2.24, 2.45) is 0 Å². The fourth-order valence-electron chi connectivity index (χ4n) is 3.14. The highest BCUT2D eigenvalue weighted by Gasteiger charge is 2.31. The molecule has 1 aliphatic heterocycles. The summed E-state index contributed by atoms with van der Waals surface area (Å²) in [7, 11) is 0. The van der Waals surface area contributed by atoms with E-state index in [1.807, 2.05) is 19.1 Å². The third-order valence-corrected chi connectivity index (χ3v) is 5.27. The van der Waals surface area contributed by atoms with Gasteiger partial charge in [0.1, 0.15) is 5.69 Å². The Hall–Kier alpha value is -2.75. The Kier molecular flexibility index (Phi) is 6.55. The van der Waals surface area contributed by atoms with E-state index in [1.165, 1.54) is 0 Å². The number of nitrogens with zero attached hydrogens (tertiary/aromatic N) is 2. The summed E-state index contributed by atoms with van der Waals surface area (Å²) < 4.78 is 68.1. The highest BCUT2D eigenvalue weighted by molar-refractivity contribution is 7.80. The molecule has 160 valence electrons. The molecule has 2 aromatic rings. The van der Waals surface area contributed by atoms with Crippen LogP contribution in [0.2, 0.25) is 0 Å². The lowest BCUT2D eigenvalue weighted by molar-refractivity contribution is 0.0973. The van der Waals surface area contributed by atoms with Crippen LogP contribution in [0.1, 0.15) is 22.8 Å². The van der Waals surface area contributed by atoms with Gasteiger partial charge in [-0.2, -0.15) is 0 Å². The van der Waals surface area contributed by atoms with Crippen molar-refractivity contribution < 1.29 is 26.7 Å². The van der Waals surface area contributed by atoms with Crippen molar-refractivity contribution in [1.29, 1.82) is 0 Å². The first-order chi connectivity index (χ1) is 14.2. The van der Waals surface area contributed by atoms with Crippen molar-refractivity contribution in [3.05, 3.63) is 64.5 Å². The van der Waals surface area contributed by atoms with E-state index in [-0.39, 0.29) is 31.3 Å². The van der Waals surface area contributed by atoms with E-state index in [1.54, 1.807) is 17.0 Å². The van der Waals surface area contributed by atoms with Crippen molar-refractivity contribution in [3.63, 3.8) is 0 Å². The summed E-state index contributed by atoms with van der Waals surface area (Å²) in [5.41, 5.74) is 0.546. The molecule has 0 bridgehead atoms. The maximum Gasteiger partial charge on any atom is 0.257 e. The number of halogens is 5. The number of benzene rings is 2. The first-order valence-corrected chi connectivity index (χ1v) is 9.61. The Morgan fingerprint density at radius 1 is 0.900 bits per heavy atom. The third-order valence-electron chi connectivity index (χ3n) is 4.91. The molecule has 0 unspecified atom stereocenters. The first-order valence-electron chi connectivity index (χ1n) is 9.20. The molecule has 0 aromatic heterocycles. The topological polar surface area (TPSA) is 35.6 Å². The van der Waals surface area contributed by atoms with Gasteiger partial charge in [-0.15, -0.1) is 0 Å². The number of carbonyl (C=O) groups is 1. The van der Waals surface area contributed by atoms with Gasteiger partial charge in [-0.1, -0.05) is 19.1 Å². The van der Waals surface area contributed by atoms with Crippen molar-refractivity contribution >= 4 is 28.9 Å². The predicted octanol–water partition coefficient (Wildman–Crippen LogP) is 3.78. The first kappa shape index (κ1) is 21.9. The van der Waals surface area contributed by atoms with Crippen LogP contribution in [-0.2, 0) is 6.42 Å². The second-order valence-electron chi connectivity index (χ2n) is 6.70. The summed E-state index contributed by atoms with van der Waals surface area (Å²) in [6.45, 7) is 2.18. The zero-order valence-electron chi connectivity index (χ0n) is 15.9. The summed E-state index contributed by atoms with van der Waals surface area (Å²) >= 11 is 5.22. The van der Waals surface area contributed by atoms with Gasteiger partial charge in [-0.05, 0) is 36.3 Å². The van der Waals surface area contributed by atoms with Gasteiger partial charge in [0.25, 0.3) is 5.91 Å². The van der Waals surface area contributed by atoms with Crippen LogP contribution in [0.3, 0.4) is 0 Å². The van der Waals surface area contributed by atoms with E-state index in [0.29, 0.717) is 5.56 Å². The van der Waals surface area contributed by atoms with Gasteiger partial charge in [0.2, 0.25) is 5.82 Å². The highest BCUT2D eigenvalue weighted by Crippen LogP contribution is 2.30. The van der Waals surface area contributed by atoms with Gasteiger partial charge < -0.3 is 9.80 Å². The van der Waals surface area contributed by atoms with Crippen LogP contribution in [-0.4, -0.2) is 42.1 Å². The standard InChI is InChI=1S/C20H18F5N3OS/c1-2-11-3-5-12(6-4-11)19(29)26-20(30)28-9-7-27(8-10-28)18-16(24)14(22)13(21)15(23)17(18)25/h3-6H,2,7-10H2,1H3,(H,26,29,30). The molecule has 1 aliphatic rings. The van der Waals surface area contributed by atoms with Crippen LogP contribution in [0, 0.1) is 29.1 Å². The summed E-state index contributed by atoms with van der Waals surface area (Å²) in [6.07, 6.45) is 0.841. The monoisotopic (exact) mass is 443 g/mol. The molecule has 3 rings (SSSR count). The fourth-order valence-corrected chi connectivity index (χ4v) is 3.42. The maximum atomic E-state index is 14.0. The molecule has 0 spiro atoms. The van der Waals surface area contributed by atoms with E-state index in [2.05, 4.69) is 5.32 Å². The minimum atomic E-state index is -2.19. The molecule has 1 amide bonds. The van der Waals surface area contributed by atoms with Crippen LogP contribution in [0.4, 0.5) is 27.6 Å². The summed E-state index contributed by atoms with van der Waals surface area (Å²) in [4.78, 5) is 15.0. The number of nitrogens with one attached hydrogen (secondary N) is 1. The molecule has 10 heteroatoms. The lowest BCUT2D eigenvalue weighted by Gasteiger charge is -2.37. The average molecular weight is 443 g/mol. The van der Waals surface area contributed by atoms with Gasteiger partial charge in [0.05, 0.1) is 0 Å². The predicted molar refractivity (Wildman–Crippen MR) is 106 cm³/mol. The fraction of sp³-hybridized carbons (Fsp3) is 0.300. The van der Waals surface area contributed by atoms with Crippen molar-refractivity contribution in [2.75, 3.05) is 31.1 Å². The van der Waals surface area contributed by atoms with Crippen LogP contribution in [0.15, 0.2) is 24.3 Å². The lowest BCUT2D eigenvalue weighted by Crippen LogP contribution is -2.53. The van der Waals surface area contributed by atoms with Gasteiger partial charge in [-0.25, -0.2) is 22.0 Å². The number of thiocarbonyl (C=S) groups is 1. The quantitative estimate of drug-likeness (QED) is 0.339. The number of hydrogen-bond donors (Lipinski definition) is 1. The second-order valence-corrected chi connectivity index (χ2v) is 7.09. The molecule has 1 fully saturated rings. The number of aryl methyl sites for hydroxylation is 1. The Morgan fingerprint density at radius 2 is 1.40 bits per heavy atom. The molecular formula is C20H18F5N3OS. The molecule has 0 radical (unpaired) electrons. The van der Waals surface area contributed by atoms with E-state index in [4.69, 9.17) is 12.2 Å². The SMILES string of the molecule is CCc1ccc(C(=O)NC(=S)N2CCN(c3c(F)c(F)c(F)c(F)c3F)CC2)cc1. The third kappa shape index (κ3) is 4.23. The molecular weight excluding hydrogens is 425 g/mol. The smallest absolute Gasteiger partial charge is 0.257 e. The largest absolute Gasteiger partial charge is 0.363 e. The number of piperazine rings is 1. The zero-order chi connectivity index (χ0) is 22.0. The number of carbonyl (C=O) groups excluding carboxylic acids is 1. The van der Waals surface area contributed by atoms with E-state index in [9.17, 15) is 26.7 Å². The number of rotatable bonds is 3. The van der Waals surface area contributed by atoms with Crippen molar-refractivity contribution in [3.8, 4) is 0 Å². The molecule has 2 aromatic carbocycles. The maximum absolute atomic E-state index is 14.0.